The van der Waals surface area contributed by atoms with E-state index in [-0.39, 0.29) is 67.7 Å². The Morgan fingerprint density at radius 1 is 0.931 bits per heavy atom. The van der Waals surface area contributed by atoms with Crippen LogP contribution in [0.2, 0.25) is 0 Å². The average Bonchev–Trinajstić information content (AvgIpc) is 3.70. The van der Waals surface area contributed by atoms with Gasteiger partial charge in [0.15, 0.2) is 11.9 Å². The van der Waals surface area contributed by atoms with Crippen LogP contribution in [0.3, 0.4) is 0 Å². The fraction of sp³-hybridized carbons (Fsp3) is 0.620. The van der Waals surface area contributed by atoms with Crippen molar-refractivity contribution in [2.24, 2.45) is 11.8 Å². The summed E-state index contributed by atoms with van der Waals surface area (Å²) in [6.45, 7) is 13.7. The maximum atomic E-state index is 13.5. The molecule has 72 heavy (non-hydrogen) atoms. The van der Waals surface area contributed by atoms with Crippen LogP contribution in [-0.4, -0.2) is 178 Å². The molecule has 22 heteroatoms. The molecule has 7 atom stereocenters. The molecule has 3 aromatic rings. The highest BCUT2D eigenvalue weighted by Gasteiger charge is 2.48. The number of nitrogens with one attached hydrogen (secondary N) is 3. The number of carbonyl (C=O) groups is 6. The van der Waals surface area contributed by atoms with E-state index in [2.05, 4.69) is 56.5 Å². The van der Waals surface area contributed by atoms with E-state index in [9.17, 15) is 49.2 Å². The summed E-state index contributed by atoms with van der Waals surface area (Å²) in [4.78, 5) is 84.9. The van der Waals surface area contributed by atoms with E-state index < -0.39 is 66.4 Å². The van der Waals surface area contributed by atoms with Gasteiger partial charge in [0.1, 0.15) is 36.3 Å². The number of benzene rings is 1. The molecule has 2 fully saturated rings. The zero-order valence-electron chi connectivity index (χ0n) is 42.1. The van der Waals surface area contributed by atoms with Crippen molar-refractivity contribution in [1.29, 1.82) is 0 Å². The number of rotatable bonds is 28. The van der Waals surface area contributed by atoms with Crippen LogP contribution >= 0.6 is 0 Å². The fourth-order valence-corrected chi connectivity index (χ4v) is 8.39. The summed E-state index contributed by atoms with van der Waals surface area (Å²) in [6, 6.07) is 9.77. The number of likely N-dealkylation sites (tertiary alicyclic amines) is 1. The van der Waals surface area contributed by atoms with Crippen LogP contribution in [-0.2, 0) is 67.4 Å². The van der Waals surface area contributed by atoms with Gasteiger partial charge in [-0.2, -0.15) is 0 Å². The SMILES string of the molecule is CCN(C)Cc1cc2cccnc2n1CCC(=O)N1CCC(NCCOCCOCCC(=O)N[C@H](C(=O)C[C@@H](C)C(=O)Nc2ccc(COC(C)=O)cc2O[C@@H]2O[C@H](C(=O)O)[C@@H](O)[C@H](O)[C@H]2O)C(C)C)CC1. The molecule has 1 aromatic carbocycles. The number of carbonyl (C=O) groups excluding carboxylic acids is 5. The third kappa shape index (κ3) is 16.7. The highest BCUT2D eigenvalue weighted by molar-refractivity contribution is 5.98. The normalized spacial score (nSPS) is 20.3. The minimum Gasteiger partial charge on any atom is -0.479 e. The molecule has 2 aliphatic rings. The van der Waals surface area contributed by atoms with Gasteiger partial charge >= 0.3 is 11.9 Å². The van der Waals surface area contributed by atoms with E-state index in [0.29, 0.717) is 51.4 Å². The van der Waals surface area contributed by atoms with Gasteiger partial charge in [-0.3, -0.25) is 24.0 Å². The Balaban J connectivity index is 0.971. The van der Waals surface area contributed by atoms with E-state index >= 15 is 0 Å². The third-order valence-corrected chi connectivity index (χ3v) is 12.7. The molecule has 0 unspecified atom stereocenters. The van der Waals surface area contributed by atoms with Gasteiger partial charge in [0.05, 0.1) is 38.2 Å². The Labute approximate surface area is 419 Å². The van der Waals surface area contributed by atoms with E-state index in [0.717, 1.165) is 42.7 Å². The first-order valence-electron chi connectivity index (χ1n) is 24.6. The Morgan fingerprint density at radius 2 is 1.65 bits per heavy atom. The molecule has 398 valence electrons. The maximum absolute atomic E-state index is 13.5. The Morgan fingerprint density at radius 3 is 2.33 bits per heavy atom. The van der Waals surface area contributed by atoms with Crippen molar-refractivity contribution in [1.82, 2.24) is 30.0 Å². The van der Waals surface area contributed by atoms with Crippen molar-refractivity contribution < 1.29 is 72.9 Å². The van der Waals surface area contributed by atoms with Crippen molar-refractivity contribution >= 4 is 52.2 Å². The number of ketones is 1. The molecule has 4 heterocycles. The molecule has 2 aromatic heterocycles. The standard InChI is InChI=1S/C50H73N7O15/c1-7-55(6)28-36-27-34-9-8-16-52-47(34)57(36)20-14-41(61)56-18-12-35(13-19-56)51-17-22-69-24-23-68-21-15-40(60)54-42(30(2)3)38(59)25-31(4)48(65)53-37-11-10-33(29-70-32(5)58)26-39(37)71-50-45(64)43(62)44(63)46(72-50)49(66)67/h8-11,16,26-27,30-31,35,42-46,50-51,62-64H,7,12-15,17-25,28-29H2,1-6H3,(H,53,65)(H,54,60)(H,66,67)/t31-,42+,43+,44+,45-,46+,50-/m1/s1. The molecule has 2 aliphatic heterocycles. The number of nitrogens with zero attached hydrogens (tertiary/aromatic N) is 4. The number of amides is 3. The van der Waals surface area contributed by atoms with Crippen LogP contribution < -0.4 is 20.7 Å². The van der Waals surface area contributed by atoms with Crippen LogP contribution in [0.15, 0.2) is 42.6 Å². The summed E-state index contributed by atoms with van der Waals surface area (Å²) in [5.74, 6) is -4.88. The number of pyridine rings is 1. The summed E-state index contributed by atoms with van der Waals surface area (Å²) < 4.78 is 29.5. The second-order valence-corrected chi connectivity index (χ2v) is 18.7. The van der Waals surface area contributed by atoms with Gasteiger partial charge in [0.2, 0.25) is 24.0 Å². The molecular weight excluding hydrogens is 939 g/mol. The van der Waals surface area contributed by atoms with Crippen molar-refractivity contribution in [3.8, 4) is 5.75 Å². The number of hydrogen-bond acceptors (Lipinski definition) is 17. The van der Waals surface area contributed by atoms with Crippen molar-refractivity contribution in [2.45, 2.75) is 129 Å². The van der Waals surface area contributed by atoms with Crippen LogP contribution in [0.5, 0.6) is 5.75 Å². The number of piperidine rings is 1. The van der Waals surface area contributed by atoms with Crippen LogP contribution in [0.25, 0.3) is 11.0 Å². The lowest BCUT2D eigenvalue weighted by molar-refractivity contribution is -0.271. The van der Waals surface area contributed by atoms with Gasteiger partial charge < -0.3 is 74.4 Å². The number of aliphatic carboxylic acids is 1. The third-order valence-electron chi connectivity index (χ3n) is 12.7. The molecule has 0 bridgehead atoms. The van der Waals surface area contributed by atoms with Crippen LogP contribution in [0.4, 0.5) is 5.69 Å². The minimum atomic E-state index is -1.97. The number of fused-ring (bicyclic) bond motifs is 1. The van der Waals surface area contributed by atoms with Crippen molar-refractivity contribution in [3.05, 3.63) is 53.9 Å². The van der Waals surface area contributed by atoms with Gasteiger partial charge in [0, 0.05) is 88.1 Å². The lowest BCUT2D eigenvalue weighted by atomic mass is 9.92. The number of carboxylic acids is 1. The Hall–Kier alpha value is -5.59. The van der Waals surface area contributed by atoms with E-state index in [4.69, 9.17) is 23.7 Å². The number of aliphatic hydroxyl groups is 3. The molecule has 0 aliphatic carbocycles. The predicted octanol–water partition coefficient (Wildman–Crippen LogP) is 1.59. The molecule has 0 spiro atoms. The number of carboxylic acid groups (broad SMARTS) is 1. The van der Waals surface area contributed by atoms with Crippen molar-refractivity contribution in [2.75, 3.05) is 65.0 Å². The number of aryl methyl sites for hydroxylation is 1. The summed E-state index contributed by atoms with van der Waals surface area (Å²) in [7, 11) is 2.08. The predicted molar refractivity (Wildman–Crippen MR) is 261 cm³/mol. The number of Topliss-reactive ketones (excluding diaryl/α,β-unsaturated/α-hetero) is 1. The number of esters is 1. The number of aliphatic hydroxyl groups excluding tert-OH is 3. The smallest absolute Gasteiger partial charge is 0.335 e. The molecule has 7 N–H and O–H groups in total. The van der Waals surface area contributed by atoms with Crippen LogP contribution in [0, 0.1) is 11.8 Å². The molecule has 0 saturated carbocycles. The quantitative estimate of drug-likeness (QED) is 0.0402. The largest absolute Gasteiger partial charge is 0.479 e. The maximum Gasteiger partial charge on any atom is 0.335 e. The van der Waals surface area contributed by atoms with Gasteiger partial charge in [-0.1, -0.05) is 33.8 Å². The zero-order valence-corrected chi connectivity index (χ0v) is 42.1. The minimum absolute atomic E-state index is 0.00372. The highest BCUT2D eigenvalue weighted by atomic mass is 16.7. The lowest BCUT2D eigenvalue weighted by Crippen LogP contribution is -2.61. The molecule has 22 nitrogen and oxygen atoms in total. The number of aromatic nitrogens is 2. The zero-order chi connectivity index (χ0) is 52.5. The van der Waals surface area contributed by atoms with Crippen LogP contribution in [0.1, 0.15) is 78.0 Å². The van der Waals surface area contributed by atoms with Gasteiger partial charge in [-0.05, 0) is 68.2 Å². The second-order valence-electron chi connectivity index (χ2n) is 18.7. The van der Waals surface area contributed by atoms with E-state index in [1.807, 2.05) is 11.0 Å². The first-order valence-corrected chi connectivity index (χ1v) is 24.6. The van der Waals surface area contributed by atoms with Gasteiger partial charge in [0.25, 0.3) is 0 Å². The summed E-state index contributed by atoms with van der Waals surface area (Å²) >= 11 is 0. The number of ether oxygens (including phenoxy) is 5. The molecule has 5 rings (SSSR count). The van der Waals surface area contributed by atoms with E-state index in [1.165, 1.54) is 32.0 Å². The molecule has 0 radical (unpaired) electrons. The van der Waals surface area contributed by atoms with Gasteiger partial charge in [-0.15, -0.1) is 0 Å². The monoisotopic (exact) mass is 1010 g/mol. The van der Waals surface area contributed by atoms with Gasteiger partial charge in [-0.25, -0.2) is 9.78 Å². The van der Waals surface area contributed by atoms with E-state index in [1.54, 1.807) is 20.0 Å². The number of hydrogen-bond donors (Lipinski definition) is 7. The summed E-state index contributed by atoms with van der Waals surface area (Å²) in [5.41, 5.74) is 2.43. The lowest BCUT2D eigenvalue weighted by Gasteiger charge is -2.38. The Kier molecular flexibility index (Phi) is 22.3. The average molecular weight is 1010 g/mol. The summed E-state index contributed by atoms with van der Waals surface area (Å²) in [6.07, 6.45) is -5.94. The number of anilines is 1. The first-order chi connectivity index (χ1) is 34.4. The molecule has 2 saturated heterocycles. The first kappa shape index (κ1) is 57.3. The van der Waals surface area contributed by atoms with Crippen molar-refractivity contribution in [3.63, 3.8) is 0 Å². The molecule has 3 amide bonds. The highest BCUT2D eigenvalue weighted by Crippen LogP contribution is 2.32. The Bertz CT molecular complexity index is 2290. The second kappa shape index (κ2) is 28.0. The summed E-state index contributed by atoms with van der Waals surface area (Å²) in [5, 5.41) is 50.4. The molecular formula is C50H73N7O15. The topological polar surface area (TPSA) is 290 Å². The fourth-order valence-electron chi connectivity index (χ4n) is 8.39.